The largest absolute Gasteiger partial charge is 0.437 e. The summed E-state index contributed by atoms with van der Waals surface area (Å²) >= 11 is 0. The van der Waals surface area contributed by atoms with Crippen LogP contribution in [0.5, 0.6) is 11.6 Å². The van der Waals surface area contributed by atoms with Crippen LogP contribution >= 0.6 is 0 Å². The Balaban J connectivity index is 2.11. The molecular formula is C16H21N3O. The number of aryl methyl sites for hydroxylation is 2. The predicted molar refractivity (Wildman–Crippen MR) is 80.0 cm³/mol. The zero-order chi connectivity index (χ0) is 14.5. The lowest BCUT2D eigenvalue weighted by Gasteiger charge is -2.11. The summed E-state index contributed by atoms with van der Waals surface area (Å²) in [5.74, 6) is 1.31. The summed E-state index contributed by atoms with van der Waals surface area (Å²) in [6, 6.07) is 6.08. The first kappa shape index (κ1) is 14.5. The average molecular weight is 271 g/mol. The van der Waals surface area contributed by atoms with Crippen LogP contribution in [0.15, 0.2) is 30.6 Å². The number of ether oxygens (including phenoxy) is 1. The van der Waals surface area contributed by atoms with Gasteiger partial charge in [0.05, 0.1) is 6.20 Å². The van der Waals surface area contributed by atoms with Gasteiger partial charge >= 0.3 is 0 Å². The lowest BCUT2D eigenvalue weighted by Crippen LogP contribution is -2.21. The van der Waals surface area contributed by atoms with Crippen LogP contribution < -0.4 is 10.5 Å². The van der Waals surface area contributed by atoms with Crippen LogP contribution in [0.25, 0.3) is 0 Å². The number of nitrogens with zero attached hydrogens (tertiary/aromatic N) is 2. The Morgan fingerprint density at radius 3 is 2.60 bits per heavy atom. The van der Waals surface area contributed by atoms with Gasteiger partial charge in [0, 0.05) is 23.5 Å². The van der Waals surface area contributed by atoms with Crippen molar-refractivity contribution >= 4 is 0 Å². The Labute approximate surface area is 120 Å². The van der Waals surface area contributed by atoms with Crippen molar-refractivity contribution in [2.24, 2.45) is 5.73 Å². The minimum absolute atomic E-state index is 0.185. The van der Waals surface area contributed by atoms with E-state index in [4.69, 9.17) is 10.5 Å². The van der Waals surface area contributed by atoms with E-state index in [-0.39, 0.29) is 6.04 Å². The highest BCUT2D eigenvalue weighted by Gasteiger charge is 2.07. The third kappa shape index (κ3) is 3.78. The summed E-state index contributed by atoms with van der Waals surface area (Å²) in [7, 11) is 0. The van der Waals surface area contributed by atoms with Gasteiger partial charge in [0.1, 0.15) is 5.75 Å². The molecule has 0 saturated carbocycles. The molecule has 0 spiro atoms. The Morgan fingerprint density at radius 2 is 2.00 bits per heavy atom. The number of aromatic nitrogens is 2. The van der Waals surface area contributed by atoms with Crippen molar-refractivity contribution in [3.63, 3.8) is 0 Å². The molecule has 20 heavy (non-hydrogen) atoms. The summed E-state index contributed by atoms with van der Waals surface area (Å²) in [6.45, 7) is 6.02. The highest BCUT2D eigenvalue weighted by Crippen LogP contribution is 2.23. The zero-order valence-corrected chi connectivity index (χ0v) is 12.3. The smallest absolute Gasteiger partial charge is 0.222 e. The van der Waals surface area contributed by atoms with E-state index in [9.17, 15) is 0 Å². The third-order valence-corrected chi connectivity index (χ3v) is 3.21. The topological polar surface area (TPSA) is 61.0 Å². The van der Waals surface area contributed by atoms with Crippen LogP contribution in [0.3, 0.4) is 0 Å². The van der Waals surface area contributed by atoms with Gasteiger partial charge in [0.25, 0.3) is 0 Å². The second-order valence-electron chi connectivity index (χ2n) is 5.08. The molecule has 4 heteroatoms. The molecule has 4 nitrogen and oxygen atoms in total. The molecular weight excluding hydrogens is 250 g/mol. The molecule has 0 radical (unpaired) electrons. The fourth-order valence-electron chi connectivity index (χ4n) is 1.91. The monoisotopic (exact) mass is 271 g/mol. The molecule has 2 heterocycles. The molecule has 0 fully saturated rings. The van der Waals surface area contributed by atoms with Crippen molar-refractivity contribution in [3.05, 3.63) is 47.4 Å². The molecule has 1 unspecified atom stereocenters. The van der Waals surface area contributed by atoms with Crippen molar-refractivity contribution in [2.45, 2.75) is 39.7 Å². The minimum atomic E-state index is 0.185. The second-order valence-corrected chi connectivity index (χ2v) is 5.08. The van der Waals surface area contributed by atoms with Gasteiger partial charge in [-0.1, -0.05) is 6.92 Å². The zero-order valence-electron chi connectivity index (χ0n) is 12.3. The molecule has 0 aliphatic heterocycles. The molecule has 106 valence electrons. The molecule has 0 aromatic carbocycles. The van der Waals surface area contributed by atoms with Crippen LogP contribution in [0.1, 0.15) is 30.2 Å². The van der Waals surface area contributed by atoms with Gasteiger partial charge < -0.3 is 10.5 Å². The quantitative estimate of drug-likeness (QED) is 0.907. The predicted octanol–water partition coefficient (Wildman–Crippen LogP) is 3.17. The maximum atomic E-state index is 5.96. The summed E-state index contributed by atoms with van der Waals surface area (Å²) in [5, 5.41) is 0. The van der Waals surface area contributed by atoms with Crippen molar-refractivity contribution < 1.29 is 4.74 Å². The highest BCUT2D eigenvalue weighted by atomic mass is 16.5. The highest BCUT2D eigenvalue weighted by molar-refractivity contribution is 5.33. The van der Waals surface area contributed by atoms with Crippen molar-refractivity contribution in [1.82, 2.24) is 9.97 Å². The van der Waals surface area contributed by atoms with Crippen LogP contribution in [0.4, 0.5) is 0 Å². The summed E-state index contributed by atoms with van der Waals surface area (Å²) in [4.78, 5) is 8.58. The molecule has 0 aliphatic rings. The molecule has 0 saturated heterocycles. The van der Waals surface area contributed by atoms with Gasteiger partial charge in [-0.3, -0.25) is 4.98 Å². The van der Waals surface area contributed by atoms with Crippen molar-refractivity contribution in [2.75, 3.05) is 0 Å². The average Bonchev–Trinajstić information content (AvgIpc) is 2.44. The van der Waals surface area contributed by atoms with Gasteiger partial charge in [-0.05, 0) is 50.5 Å². The molecule has 0 bridgehead atoms. The van der Waals surface area contributed by atoms with E-state index in [2.05, 4.69) is 23.0 Å². The fourth-order valence-corrected chi connectivity index (χ4v) is 1.91. The van der Waals surface area contributed by atoms with E-state index in [1.54, 1.807) is 6.20 Å². The number of pyridine rings is 2. The number of hydrogen-bond acceptors (Lipinski definition) is 4. The Bertz CT molecular complexity index is 566. The molecule has 1 atom stereocenters. The van der Waals surface area contributed by atoms with E-state index in [0.717, 1.165) is 29.7 Å². The molecule has 2 N–H and O–H groups in total. The maximum absolute atomic E-state index is 5.96. The van der Waals surface area contributed by atoms with Crippen LogP contribution in [-0.2, 0) is 6.42 Å². The van der Waals surface area contributed by atoms with Gasteiger partial charge in [-0.2, -0.15) is 0 Å². The van der Waals surface area contributed by atoms with Gasteiger partial charge in [-0.15, -0.1) is 0 Å². The Hall–Kier alpha value is -1.94. The van der Waals surface area contributed by atoms with E-state index in [1.807, 2.05) is 32.2 Å². The standard InChI is InChI=1S/C16H21N3O/c1-4-14(17)8-13-7-11(2)16(19-9-13)20-15-6-5-12(3)18-10-15/h5-7,9-10,14H,4,8,17H2,1-3H3. The van der Waals surface area contributed by atoms with Crippen LogP contribution in [-0.4, -0.2) is 16.0 Å². The minimum Gasteiger partial charge on any atom is -0.437 e. The van der Waals surface area contributed by atoms with Gasteiger partial charge in [0.2, 0.25) is 5.88 Å². The lowest BCUT2D eigenvalue weighted by atomic mass is 10.1. The fraction of sp³-hybridized carbons (Fsp3) is 0.375. The van der Waals surface area contributed by atoms with Crippen molar-refractivity contribution in [1.29, 1.82) is 0 Å². The van der Waals surface area contributed by atoms with E-state index in [0.29, 0.717) is 11.6 Å². The lowest BCUT2D eigenvalue weighted by molar-refractivity contribution is 0.455. The molecule has 2 aromatic rings. The number of nitrogens with two attached hydrogens (primary N) is 1. The third-order valence-electron chi connectivity index (χ3n) is 3.21. The first-order chi connectivity index (χ1) is 9.58. The summed E-state index contributed by atoms with van der Waals surface area (Å²) < 4.78 is 5.75. The second kappa shape index (κ2) is 6.48. The SMILES string of the molecule is CCC(N)Cc1cnc(Oc2ccc(C)nc2)c(C)c1. The number of hydrogen-bond donors (Lipinski definition) is 1. The Kier molecular flexibility index (Phi) is 4.69. The van der Waals surface area contributed by atoms with Crippen molar-refractivity contribution in [3.8, 4) is 11.6 Å². The van der Waals surface area contributed by atoms with Gasteiger partial charge in [0.15, 0.2) is 0 Å². The summed E-state index contributed by atoms with van der Waals surface area (Å²) in [5.41, 5.74) is 9.08. The van der Waals surface area contributed by atoms with E-state index in [1.165, 1.54) is 0 Å². The van der Waals surface area contributed by atoms with E-state index >= 15 is 0 Å². The first-order valence-corrected chi connectivity index (χ1v) is 6.90. The maximum Gasteiger partial charge on any atom is 0.222 e. The van der Waals surface area contributed by atoms with Crippen LogP contribution in [0, 0.1) is 13.8 Å². The molecule has 0 amide bonds. The summed E-state index contributed by atoms with van der Waals surface area (Å²) in [6.07, 6.45) is 5.35. The van der Waals surface area contributed by atoms with E-state index < -0.39 is 0 Å². The normalized spacial score (nSPS) is 12.2. The molecule has 2 rings (SSSR count). The van der Waals surface area contributed by atoms with Gasteiger partial charge in [-0.25, -0.2) is 4.98 Å². The molecule has 2 aromatic heterocycles. The first-order valence-electron chi connectivity index (χ1n) is 6.90. The molecule has 0 aliphatic carbocycles. The number of rotatable bonds is 5. The Morgan fingerprint density at radius 1 is 1.20 bits per heavy atom. The van der Waals surface area contributed by atoms with Crippen LogP contribution in [0.2, 0.25) is 0 Å².